The Bertz CT molecular complexity index is 1310. The van der Waals surface area contributed by atoms with Gasteiger partial charge < -0.3 is 15.2 Å². The van der Waals surface area contributed by atoms with Crippen molar-refractivity contribution in [1.82, 2.24) is 9.55 Å². The van der Waals surface area contributed by atoms with Crippen molar-refractivity contribution in [3.63, 3.8) is 0 Å². The van der Waals surface area contributed by atoms with Gasteiger partial charge >= 0.3 is 5.97 Å². The first-order valence-electron chi connectivity index (χ1n) is 9.09. The number of pyridine rings is 2. The van der Waals surface area contributed by atoms with Crippen molar-refractivity contribution in [2.45, 2.75) is 6.92 Å². The molecule has 0 amide bonds. The molecular weight excluding hydrogens is 370 g/mol. The van der Waals surface area contributed by atoms with E-state index in [0.29, 0.717) is 28.9 Å². The van der Waals surface area contributed by atoms with Crippen LogP contribution in [-0.2, 0) is 4.74 Å². The number of carbonyl (C=O) groups is 1. The van der Waals surface area contributed by atoms with Gasteiger partial charge in [-0.05, 0) is 31.2 Å². The lowest BCUT2D eigenvalue weighted by atomic mass is 10.1. The molecule has 0 bridgehead atoms. The van der Waals surface area contributed by atoms with Gasteiger partial charge in [0.05, 0.1) is 30.6 Å². The third-order valence-electron chi connectivity index (χ3n) is 4.79. The lowest BCUT2D eigenvalue weighted by Gasteiger charge is -2.17. The minimum Gasteiger partial charge on any atom is -0.494 e. The van der Waals surface area contributed by atoms with Gasteiger partial charge in [-0.2, -0.15) is 0 Å². The molecule has 0 atom stereocenters. The summed E-state index contributed by atoms with van der Waals surface area (Å²) in [5.41, 5.74) is 6.69. The van der Waals surface area contributed by atoms with Crippen molar-refractivity contribution in [2.24, 2.45) is 0 Å². The molecule has 2 aromatic heterocycles. The van der Waals surface area contributed by atoms with Gasteiger partial charge in [-0.3, -0.25) is 14.3 Å². The molecule has 146 valence electrons. The average Bonchev–Trinajstić information content (AvgIpc) is 2.74. The Morgan fingerprint density at radius 1 is 1.17 bits per heavy atom. The van der Waals surface area contributed by atoms with Crippen molar-refractivity contribution in [3.05, 3.63) is 70.8 Å². The molecule has 2 aromatic carbocycles. The molecule has 0 fully saturated rings. The van der Waals surface area contributed by atoms with Crippen LogP contribution in [0.3, 0.4) is 0 Å². The highest BCUT2D eigenvalue weighted by atomic mass is 16.5. The Balaban J connectivity index is 2.20. The zero-order valence-corrected chi connectivity index (χ0v) is 16.0. The first kappa shape index (κ1) is 18.5. The monoisotopic (exact) mass is 389 g/mol. The lowest BCUT2D eigenvalue weighted by molar-refractivity contribution is 0.0600. The van der Waals surface area contributed by atoms with Gasteiger partial charge in [-0.25, -0.2) is 4.79 Å². The molecule has 2 heterocycles. The highest BCUT2D eigenvalue weighted by Crippen LogP contribution is 2.30. The topological polar surface area (TPSA) is 96.4 Å². The number of nitrogens with zero attached hydrogens (tertiary/aromatic N) is 2. The summed E-state index contributed by atoms with van der Waals surface area (Å²) in [6.45, 7) is 2.36. The van der Waals surface area contributed by atoms with E-state index in [1.165, 1.54) is 11.7 Å². The Morgan fingerprint density at radius 3 is 2.76 bits per heavy atom. The minimum absolute atomic E-state index is 0.0815. The number of rotatable bonds is 4. The van der Waals surface area contributed by atoms with Gasteiger partial charge in [0.15, 0.2) is 0 Å². The molecule has 4 aromatic rings. The van der Waals surface area contributed by atoms with Gasteiger partial charge in [-0.1, -0.05) is 12.1 Å². The largest absolute Gasteiger partial charge is 0.494 e. The fraction of sp³-hybridized carbons (Fsp3) is 0.136. The lowest BCUT2D eigenvalue weighted by Crippen LogP contribution is -2.28. The zero-order chi connectivity index (χ0) is 20.5. The molecule has 0 aliphatic carbocycles. The minimum atomic E-state index is -0.779. The summed E-state index contributed by atoms with van der Waals surface area (Å²) in [4.78, 5) is 30.0. The second kappa shape index (κ2) is 7.27. The summed E-state index contributed by atoms with van der Waals surface area (Å²) >= 11 is 0. The maximum Gasteiger partial charge on any atom is 0.345 e. The molecule has 0 spiro atoms. The van der Waals surface area contributed by atoms with Gasteiger partial charge in [0.1, 0.15) is 11.3 Å². The van der Waals surface area contributed by atoms with E-state index >= 15 is 0 Å². The predicted molar refractivity (Wildman–Crippen MR) is 112 cm³/mol. The highest BCUT2D eigenvalue weighted by molar-refractivity contribution is 6.05. The highest BCUT2D eigenvalue weighted by Gasteiger charge is 2.23. The smallest absolute Gasteiger partial charge is 0.345 e. The third-order valence-corrected chi connectivity index (χ3v) is 4.79. The zero-order valence-electron chi connectivity index (χ0n) is 16.0. The molecule has 0 aliphatic heterocycles. The predicted octanol–water partition coefficient (Wildman–Crippen LogP) is 3.31. The number of hydrogen-bond donors (Lipinski definition) is 1. The molecule has 7 nitrogen and oxygen atoms in total. The SMILES string of the molecule is CCOc1ccc2c(N)c(C(=O)OC)c(=O)n(-c3cccc4cnccc34)c2c1. The van der Waals surface area contributed by atoms with Gasteiger partial charge in [0.2, 0.25) is 0 Å². The van der Waals surface area contributed by atoms with E-state index in [4.69, 9.17) is 15.2 Å². The van der Waals surface area contributed by atoms with Crippen LogP contribution in [0.15, 0.2) is 59.7 Å². The van der Waals surface area contributed by atoms with E-state index in [2.05, 4.69) is 4.98 Å². The van der Waals surface area contributed by atoms with Crippen LogP contribution in [0.5, 0.6) is 5.75 Å². The number of anilines is 1. The standard InChI is InChI=1S/C22H19N3O4/c1-3-29-14-7-8-16-18(11-14)25(21(26)19(20(16)23)22(27)28-2)17-6-4-5-13-12-24-10-9-15(13)17/h4-12H,3,23H2,1-2H3. The summed E-state index contributed by atoms with van der Waals surface area (Å²) in [5.74, 6) is -0.181. The number of nitrogens with two attached hydrogens (primary N) is 1. The van der Waals surface area contributed by atoms with Crippen LogP contribution in [0.4, 0.5) is 5.69 Å². The molecule has 7 heteroatoms. The summed E-state index contributed by atoms with van der Waals surface area (Å²) in [7, 11) is 1.22. The van der Waals surface area contributed by atoms with Crippen molar-refractivity contribution in [1.29, 1.82) is 0 Å². The van der Waals surface area contributed by atoms with E-state index in [-0.39, 0.29) is 11.3 Å². The van der Waals surface area contributed by atoms with E-state index < -0.39 is 11.5 Å². The maximum absolute atomic E-state index is 13.4. The molecule has 29 heavy (non-hydrogen) atoms. The normalized spacial score (nSPS) is 11.0. The van der Waals surface area contributed by atoms with Crippen molar-refractivity contribution >= 4 is 33.3 Å². The number of esters is 1. The Hall–Kier alpha value is -3.87. The van der Waals surface area contributed by atoms with Crippen LogP contribution in [0.1, 0.15) is 17.3 Å². The quantitative estimate of drug-likeness (QED) is 0.538. The van der Waals surface area contributed by atoms with E-state index in [1.807, 2.05) is 31.2 Å². The molecule has 2 N–H and O–H groups in total. The number of ether oxygens (including phenoxy) is 2. The van der Waals surface area contributed by atoms with Crippen molar-refractivity contribution in [2.75, 3.05) is 19.5 Å². The van der Waals surface area contributed by atoms with Crippen LogP contribution < -0.4 is 16.0 Å². The Labute approximate surface area is 166 Å². The van der Waals surface area contributed by atoms with Gasteiger partial charge in [0, 0.05) is 34.6 Å². The summed E-state index contributed by atoms with van der Waals surface area (Å²) < 4.78 is 11.9. The first-order valence-corrected chi connectivity index (χ1v) is 9.09. The van der Waals surface area contributed by atoms with Crippen LogP contribution in [-0.4, -0.2) is 29.2 Å². The molecule has 0 unspecified atom stereocenters. The average molecular weight is 389 g/mol. The van der Waals surface area contributed by atoms with Crippen LogP contribution >= 0.6 is 0 Å². The van der Waals surface area contributed by atoms with Crippen LogP contribution in [0.25, 0.3) is 27.4 Å². The van der Waals surface area contributed by atoms with Crippen molar-refractivity contribution < 1.29 is 14.3 Å². The molecule has 4 rings (SSSR count). The maximum atomic E-state index is 13.4. The van der Waals surface area contributed by atoms with Crippen LogP contribution in [0, 0.1) is 0 Å². The summed E-state index contributed by atoms with van der Waals surface area (Å²) in [6.07, 6.45) is 3.37. The number of benzene rings is 2. The summed E-state index contributed by atoms with van der Waals surface area (Å²) in [5, 5.41) is 2.23. The Kier molecular flexibility index (Phi) is 4.64. The van der Waals surface area contributed by atoms with Crippen molar-refractivity contribution in [3.8, 4) is 11.4 Å². The third kappa shape index (κ3) is 2.97. The number of aromatic nitrogens is 2. The molecular formula is C22H19N3O4. The van der Waals surface area contributed by atoms with E-state index in [0.717, 1.165) is 10.8 Å². The fourth-order valence-corrected chi connectivity index (χ4v) is 3.49. The second-order valence-corrected chi connectivity index (χ2v) is 6.41. The molecule has 0 radical (unpaired) electrons. The van der Waals surface area contributed by atoms with E-state index in [9.17, 15) is 9.59 Å². The number of fused-ring (bicyclic) bond motifs is 2. The van der Waals surface area contributed by atoms with Crippen LogP contribution in [0.2, 0.25) is 0 Å². The Morgan fingerprint density at radius 2 is 2.00 bits per heavy atom. The molecule has 0 saturated heterocycles. The van der Waals surface area contributed by atoms with E-state index in [1.54, 1.807) is 30.6 Å². The summed E-state index contributed by atoms with van der Waals surface area (Å²) in [6, 6.07) is 12.6. The van der Waals surface area contributed by atoms with Gasteiger partial charge in [0.25, 0.3) is 5.56 Å². The number of carbonyl (C=O) groups excluding carboxylic acids is 1. The molecule has 0 aliphatic rings. The van der Waals surface area contributed by atoms with Gasteiger partial charge in [-0.15, -0.1) is 0 Å². The second-order valence-electron chi connectivity index (χ2n) is 6.41. The number of hydrogen-bond acceptors (Lipinski definition) is 6. The first-order chi connectivity index (χ1) is 14.1. The molecule has 0 saturated carbocycles. The number of nitrogen functional groups attached to an aromatic ring is 1. The fourth-order valence-electron chi connectivity index (χ4n) is 3.49. The number of methoxy groups -OCH3 is 1.